The molecule has 1 amide bonds. The van der Waals surface area contributed by atoms with Crippen molar-refractivity contribution in [1.29, 1.82) is 5.26 Å². The van der Waals surface area contributed by atoms with Crippen LogP contribution in [0.1, 0.15) is 33.6 Å². The Morgan fingerprint density at radius 2 is 2.19 bits per heavy atom. The molecule has 16 heavy (non-hydrogen) atoms. The lowest BCUT2D eigenvalue weighted by atomic mass is 10.1. The molecule has 0 aliphatic carbocycles. The highest BCUT2D eigenvalue weighted by Gasteiger charge is 2.34. The van der Waals surface area contributed by atoms with Crippen LogP contribution in [-0.4, -0.2) is 47.4 Å². The molecular weight excluding hydrogens is 202 g/mol. The van der Waals surface area contributed by atoms with E-state index in [2.05, 4.69) is 13.0 Å². The van der Waals surface area contributed by atoms with Crippen molar-refractivity contribution in [2.24, 2.45) is 0 Å². The fourth-order valence-electron chi connectivity index (χ4n) is 2.36. The fourth-order valence-corrected chi connectivity index (χ4v) is 2.36. The molecule has 0 spiro atoms. The van der Waals surface area contributed by atoms with Crippen LogP contribution in [0.3, 0.4) is 0 Å². The molecule has 0 aromatic carbocycles. The largest absolute Gasteiger partial charge is 0.336 e. The van der Waals surface area contributed by atoms with Gasteiger partial charge in [-0.15, -0.1) is 0 Å². The molecule has 1 rings (SSSR count). The van der Waals surface area contributed by atoms with Gasteiger partial charge in [-0.05, 0) is 34.2 Å². The molecule has 0 radical (unpaired) electrons. The molecule has 2 atom stereocenters. The zero-order valence-corrected chi connectivity index (χ0v) is 10.6. The second-order valence-corrected chi connectivity index (χ2v) is 4.84. The van der Waals surface area contributed by atoms with Gasteiger partial charge in [0.1, 0.15) is 6.04 Å². The Hall–Kier alpha value is -1.08. The summed E-state index contributed by atoms with van der Waals surface area (Å²) in [6.07, 6.45) is 1.26. The highest BCUT2D eigenvalue weighted by molar-refractivity contribution is 5.83. The van der Waals surface area contributed by atoms with E-state index >= 15 is 0 Å². The molecule has 4 heteroatoms. The quantitative estimate of drug-likeness (QED) is 0.707. The fraction of sp³-hybridized carbons (Fsp3) is 0.833. The summed E-state index contributed by atoms with van der Waals surface area (Å²) in [5.41, 5.74) is 0. The van der Waals surface area contributed by atoms with Crippen molar-refractivity contribution in [3.8, 4) is 6.07 Å². The minimum atomic E-state index is -0.266. The van der Waals surface area contributed by atoms with Gasteiger partial charge in [-0.25, -0.2) is 0 Å². The average Bonchev–Trinajstić information content (AvgIpc) is 2.30. The van der Waals surface area contributed by atoms with Gasteiger partial charge in [0, 0.05) is 18.6 Å². The maximum Gasteiger partial charge on any atom is 0.241 e. The van der Waals surface area contributed by atoms with Crippen molar-refractivity contribution in [1.82, 2.24) is 9.80 Å². The number of likely N-dealkylation sites (N-methyl/N-ethyl adjacent to an activating group) is 1. The number of nitriles is 1. The van der Waals surface area contributed by atoms with Crippen LogP contribution in [-0.2, 0) is 4.79 Å². The molecule has 1 heterocycles. The van der Waals surface area contributed by atoms with Crippen LogP contribution in [0, 0.1) is 11.3 Å². The molecule has 0 bridgehead atoms. The van der Waals surface area contributed by atoms with Crippen molar-refractivity contribution >= 4 is 5.91 Å². The van der Waals surface area contributed by atoms with E-state index in [1.165, 1.54) is 0 Å². The Morgan fingerprint density at radius 3 is 2.69 bits per heavy atom. The molecule has 1 saturated heterocycles. The number of amides is 1. The highest BCUT2D eigenvalue weighted by Crippen LogP contribution is 2.19. The van der Waals surface area contributed by atoms with E-state index in [0.717, 1.165) is 13.0 Å². The van der Waals surface area contributed by atoms with Crippen molar-refractivity contribution in [2.45, 2.75) is 51.7 Å². The maximum absolute atomic E-state index is 12.3. The van der Waals surface area contributed by atoms with Crippen LogP contribution in [0.25, 0.3) is 0 Å². The van der Waals surface area contributed by atoms with Crippen LogP contribution >= 0.6 is 0 Å². The number of nitrogens with zero attached hydrogens (tertiary/aromatic N) is 3. The molecule has 4 nitrogen and oxygen atoms in total. The van der Waals surface area contributed by atoms with Crippen LogP contribution in [0.15, 0.2) is 0 Å². The summed E-state index contributed by atoms with van der Waals surface area (Å²) in [6.45, 7) is 7.02. The summed E-state index contributed by atoms with van der Waals surface area (Å²) in [6, 6.07) is 2.31. The lowest BCUT2D eigenvalue weighted by Gasteiger charge is -2.33. The third kappa shape index (κ3) is 2.53. The summed E-state index contributed by atoms with van der Waals surface area (Å²) >= 11 is 0. The molecule has 1 aliphatic rings. The Bertz CT molecular complexity index is 295. The predicted octanol–water partition coefficient (Wildman–Crippen LogP) is 1.23. The molecule has 0 aromatic heterocycles. The summed E-state index contributed by atoms with van der Waals surface area (Å²) in [5.74, 6) is 0.101. The Morgan fingerprint density at radius 1 is 1.56 bits per heavy atom. The standard InChI is InChI=1S/C12H21N3O/c1-9(2)15-10(3)6-8-14(4)11(5-7-13)12(15)16/h9-11H,5-6,8H2,1-4H3. The topological polar surface area (TPSA) is 47.3 Å². The number of rotatable bonds is 2. The maximum atomic E-state index is 12.3. The van der Waals surface area contributed by atoms with Crippen molar-refractivity contribution in [3.63, 3.8) is 0 Å². The van der Waals surface area contributed by atoms with Gasteiger partial charge in [-0.1, -0.05) is 0 Å². The lowest BCUT2D eigenvalue weighted by Crippen LogP contribution is -2.49. The Labute approximate surface area is 97.8 Å². The van der Waals surface area contributed by atoms with Gasteiger partial charge >= 0.3 is 0 Å². The third-order valence-electron chi connectivity index (χ3n) is 3.29. The zero-order chi connectivity index (χ0) is 12.3. The SMILES string of the molecule is CC(C)N1C(=O)C(CC#N)N(C)CCC1C. The summed E-state index contributed by atoms with van der Waals surface area (Å²) in [7, 11) is 1.93. The molecule has 90 valence electrons. The Balaban J connectivity index is 2.94. The molecule has 0 saturated carbocycles. The van der Waals surface area contributed by atoms with E-state index < -0.39 is 0 Å². The second-order valence-electron chi connectivity index (χ2n) is 4.84. The monoisotopic (exact) mass is 223 g/mol. The number of carbonyl (C=O) groups is 1. The number of hydrogen-bond donors (Lipinski definition) is 0. The van der Waals surface area contributed by atoms with Gasteiger partial charge in [-0.2, -0.15) is 5.26 Å². The van der Waals surface area contributed by atoms with Crippen LogP contribution in [0.2, 0.25) is 0 Å². The molecule has 1 fully saturated rings. The first-order valence-corrected chi connectivity index (χ1v) is 5.88. The molecule has 1 aliphatic heterocycles. The van der Waals surface area contributed by atoms with E-state index in [4.69, 9.17) is 5.26 Å². The van der Waals surface area contributed by atoms with E-state index in [0.29, 0.717) is 0 Å². The second kappa shape index (κ2) is 5.31. The van der Waals surface area contributed by atoms with Gasteiger partial charge in [0.05, 0.1) is 12.5 Å². The van der Waals surface area contributed by atoms with Crippen LogP contribution in [0.4, 0.5) is 0 Å². The van der Waals surface area contributed by atoms with Gasteiger partial charge in [0.25, 0.3) is 0 Å². The summed E-state index contributed by atoms with van der Waals surface area (Å²) in [4.78, 5) is 16.3. The van der Waals surface area contributed by atoms with Gasteiger partial charge in [0.2, 0.25) is 5.91 Å². The number of hydrogen-bond acceptors (Lipinski definition) is 3. The number of carbonyl (C=O) groups excluding carboxylic acids is 1. The molecule has 0 aromatic rings. The van der Waals surface area contributed by atoms with Crippen LogP contribution in [0.5, 0.6) is 0 Å². The van der Waals surface area contributed by atoms with Crippen molar-refractivity contribution in [2.75, 3.05) is 13.6 Å². The summed E-state index contributed by atoms with van der Waals surface area (Å²) in [5, 5.41) is 8.79. The highest BCUT2D eigenvalue weighted by atomic mass is 16.2. The van der Waals surface area contributed by atoms with Gasteiger partial charge in [0.15, 0.2) is 0 Å². The first-order chi connectivity index (χ1) is 7.49. The van der Waals surface area contributed by atoms with E-state index in [1.807, 2.05) is 30.7 Å². The molecule has 0 N–H and O–H groups in total. The first kappa shape index (κ1) is 13.0. The first-order valence-electron chi connectivity index (χ1n) is 5.88. The van der Waals surface area contributed by atoms with E-state index in [1.54, 1.807) is 0 Å². The zero-order valence-electron chi connectivity index (χ0n) is 10.6. The molecular formula is C12H21N3O. The summed E-state index contributed by atoms with van der Waals surface area (Å²) < 4.78 is 0. The average molecular weight is 223 g/mol. The van der Waals surface area contributed by atoms with Gasteiger partial charge < -0.3 is 4.90 Å². The minimum Gasteiger partial charge on any atom is -0.336 e. The van der Waals surface area contributed by atoms with E-state index in [-0.39, 0.29) is 30.5 Å². The van der Waals surface area contributed by atoms with E-state index in [9.17, 15) is 4.79 Å². The smallest absolute Gasteiger partial charge is 0.241 e. The predicted molar refractivity (Wildman–Crippen MR) is 62.7 cm³/mol. The van der Waals surface area contributed by atoms with Crippen molar-refractivity contribution < 1.29 is 4.79 Å². The molecule has 2 unspecified atom stereocenters. The normalized spacial score (nSPS) is 28.0. The van der Waals surface area contributed by atoms with Crippen molar-refractivity contribution in [3.05, 3.63) is 0 Å². The van der Waals surface area contributed by atoms with Gasteiger partial charge in [-0.3, -0.25) is 9.69 Å². The van der Waals surface area contributed by atoms with Crippen LogP contribution < -0.4 is 0 Å². The third-order valence-corrected chi connectivity index (χ3v) is 3.29. The Kier molecular flexibility index (Phi) is 4.31. The lowest BCUT2D eigenvalue weighted by molar-refractivity contribution is -0.138. The minimum absolute atomic E-state index is 0.101.